The zero-order chi connectivity index (χ0) is 14.7. The number of aromatic amines is 1. The molecule has 108 valence electrons. The molecule has 2 N–H and O–H groups in total. The molecule has 0 aliphatic heterocycles. The number of H-pyrrole nitrogens is 1. The normalized spacial score (nSPS) is 12.7. The molecule has 0 radical (unpaired) electrons. The van der Waals surface area contributed by atoms with E-state index < -0.39 is 6.04 Å². The molecule has 0 aromatic carbocycles. The minimum absolute atomic E-state index is 0.0809. The number of ether oxygens (including phenoxy) is 1. The lowest BCUT2D eigenvalue weighted by Crippen LogP contribution is -2.32. The fourth-order valence-electron chi connectivity index (χ4n) is 1.91. The molecule has 2 rings (SSSR count). The summed E-state index contributed by atoms with van der Waals surface area (Å²) in [5.74, 6) is 0.443. The number of carbonyl (C=O) groups is 1. The minimum atomic E-state index is -0.496. The van der Waals surface area contributed by atoms with Gasteiger partial charge in [0.05, 0.1) is 18.7 Å². The van der Waals surface area contributed by atoms with Gasteiger partial charge in [0.2, 0.25) is 5.28 Å². The van der Waals surface area contributed by atoms with Gasteiger partial charge in [-0.3, -0.25) is 5.10 Å². The summed E-state index contributed by atoms with van der Waals surface area (Å²) in [7, 11) is 1.36. The highest BCUT2D eigenvalue weighted by Gasteiger charge is 2.22. The number of halogens is 1. The lowest BCUT2D eigenvalue weighted by molar-refractivity contribution is -0.141. The number of hydrogen-bond donors (Lipinski definition) is 2. The second kappa shape index (κ2) is 6.04. The van der Waals surface area contributed by atoms with Gasteiger partial charge in [0, 0.05) is 0 Å². The molecule has 0 aliphatic carbocycles. The van der Waals surface area contributed by atoms with E-state index in [1.165, 1.54) is 7.11 Å². The Morgan fingerprint density at radius 2 is 2.25 bits per heavy atom. The molecular weight excluding hydrogens is 282 g/mol. The first-order chi connectivity index (χ1) is 9.51. The van der Waals surface area contributed by atoms with Gasteiger partial charge in [-0.2, -0.15) is 15.1 Å². The summed E-state index contributed by atoms with van der Waals surface area (Å²) in [4.78, 5) is 19.9. The zero-order valence-corrected chi connectivity index (χ0v) is 12.2. The smallest absolute Gasteiger partial charge is 0.328 e. The van der Waals surface area contributed by atoms with Crippen LogP contribution in [0.2, 0.25) is 5.28 Å². The summed E-state index contributed by atoms with van der Waals surface area (Å²) >= 11 is 5.86. The van der Waals surface area contributed by atoms with Gasteiger partial charge in [0.15, 0.2) is 5.65 Å². The molecule has 0 saturated heterocycles. The highest BCUT2D eigenvalue weighted by molar-refractivity contribution is 6.28. The molecule has 0 amide bonds. The van der Waals surface area contributed by atoms with Crippen LogP contribution >= 0.6 is 11.6 Å². The van der Waals surface area contributed by atoms with Gasteiger partial charge in [-0.25, -0.2) is 4.79 Å². The molecular formula is C12H16ClN5O2. The maximum Gasteiger partial charge on any atom is 0.328 e. The van der Waals surface area contributed by atoms with Crippen molar-refractivity contribution >= 4 is 34.4 Å². The van der Waals surface area contributed by atoms with E-state index in [1.807, 2.05) is 13.8 Å². The van der Waals surface area contributed by atoms with Crippen molar-refractivity contribution in [3.8, 4) is 0 Å². The number of nitrogens with one attached hydrogen (secondary N) is 2. The standard InChI is InChI=1S/C12H16ClN5O2/c1-6(2)4-8(11(19)20-3)15-9-7-5-14-18-10(7)17-12(13)16-9/h5-6,8H,4H2,1-3H3,(H2,14,15,16,17,18). The molecule has 0 bridgehead atoms. The van der Waals surface area contributed by atoms with Gasteiger partial charge >= 0.3 is 5.97 Å². The summed E-state index contributed by atoms with van der Waals surface area (Å²) in [6.45, 7) is 4.05. The Hall–Kier alpha value is -1.89. The van der Waals surface area contributed by atoms with Crippen LogP contribution in [0.1, 0.15) is 20.3 Å². The van der Waals surface area contributed by atoms with E-state index in [0.29, 0.717) is 29.2 Å². The number of carbonyl (C=O) groups excluding carboxylic acids is 1. The Bertz CT molecular complexity index is 613. The summed E-state index contributed by atoms with van der Waals surface area (Å²) in [6, 6.07) is -0.496. The second-order valence-corrected chi connectivity index (χ2v) is 5.16. The fraction of sp³-hybridized carbons (Fsp3) is 0.500. The van der Waals surface area contributed by atoms with Crippen molar-refractivity contribution in [1.82, 2.24) is 20.2 Å². The molecule has 1 atom stereocenters. The van der Waals surface area contributed by atoms with E-state index in [1.54, 1.807) is 6.20 Å². The first-order valence-electron chi connectivity index (χ1n) is 6.22. The number of nitrogens with zero attached hydrogens (tertiary/aromatic N) is 3. The second-order valence-electron chi connectivity index (χ2n) is 4.82. The SMILES string of the molecule is COC(=O)C(CC(C)C)Nc1nc(Cl)nc2[nH]ncc12. The van der Waals surface area contributed by atoms with Crippen molar-refractivity contribution in [3.63, 3.8) is 0 Å². The summed E-state index contributed by atoms with van der Waals surface area (Å²) in [5, 5.41) is 10.4. The highest BCUT2D eigenvalue weighted by atomic mass is 35.5. The zero-order valence-electron chi connectivity index (χ0n) is 11.5. The first-order valence-corrected chi connectivity index (χ1v) is 6.60. The van der Waals surface area contributed by atoms with Gasteiger partial charge in [-0.05, 0) is 23.9 Å². The quantitative estimate of drug-likeness (QED) is 0.648. The summed E-state index contributed by atoms with van der Waals surface area (Å²) in [5.41, 5.74) is 0.515. The fourth-order valence-corrected chi connectivity index (χ4v) is 2.08. The number of rotatable bonds is 5. The molecule has 0 aliphatic rings. The van der Waals surface area contributed by atoms with Crippen molar-refractivity contribution in [3.05, 3.63) is 11.5 Å². The maximum atomic E-state index is 11.8. The van der Waals surface area contributed by atoms with E-state index in [0.717, 1.165) is 0 Å². The molecule has 2 aromatic heterocycles. The van der Waals surface area contributed by atoms with E-state index in [-0.39, 0.29) is 11.3 Å². The Kier molecular flexibility index (Phi) is 4.39. The van der Waals surface area contributed by atoms with Gasteiger partial charge in [-0.1, -0.05) is 13.8 Å². The van der Waals surface area contributed by atoms with Gasteiger partial charge in [0.25, 0.3) is 0 Å². The van der Waals surface area contributed by atoms with Crippen molar-refractivity contribution in [2.75, 3.05) is 12.4 Å². The summed E-state index contributed by atoms with van der Waals surface area (Å²) in [6.07, 6.45) is 2.20. The Morgan fingerprint density at radius 1 is 1.50 bits per heavy atom. The summed E-state index contributed by atoms with van der Waals surface area (Å²) < 4.78 is 4.81. The third kappa shape index (κ3) is 3.16. The van der Waals surface area contributed by atoms with Crippen molar-refractivity contribution in [2.45, 2.75) is 26.3 Å². The average Bonchev–Trinajstić information content (AvgIpc) is 2.84. The van der Waals surface area contributed by atoms with E-state index in [2.05, 4.69) is 25.5 Å². The molecule has 0 spiro atoms. The van der Waals surface area contributed by atoms with Crippen LogP contribution in [0.4, 0.5) is 5.82 Å². The number of aromatic nitrogens is 4. The topological polar surface area (TPSA) is 92.8 Å². The molecule has 1 unspecified atom stereocenters. The molecule has 7 nitrogen and oxygen atoms in total. The third-order valence-electron chi connectivity index (χ3n) is 2.79. The number of hydrogen-bond acceptors (Lipinski definition) is 6. The minimum Gasteiger partial charge on any atom is -0.467 e. The van der Waals surface area contributed by atoms with Gasteiger partial charge in [-0.15, -0.1) is 0 Å². The Balaban J connectivity index is 2.32. The molecule has 0 fully saturated rings. The van der Waals surface area contributed by atoms with Crippen molar-refractivity contribution in [1.29, 1.82) is 0 Å². The van der Waals surface area contributed by atoms with Crippen LogP contribution in [-0.2, 0) is 9.53 Å². The number of fused-ring (bicyclic) bond motifs is 1. The number of esters is 1. The van der Waals surface area contributed by atoms with Crippen LogP contribution in [0, 0.1) is 5.92 Å². The van der Waals surface area contributed by atoms with E-state index in [9.17, 15) is 4.79 Å². The monoisotopic (exact) mass is 297 g/mol. The van der Waals surface area contributed by atoms with Gasteiger partial charge in [0.1, 0.15) is 11.9 Å². The van der Waals surface area contributed by atoms with Crippen LogP contribution in [-0.4, -0.2) is 39.3 Å². The highest BCUT2D eigenvalue weighted by Crippen LogP contribution is 2.22. The van der Waals surface area contributed by atoms with Gasteiger partial charge < -0.3 is 10.1 Å². The predicted molar refractivity (Wildman–Crippen MR) is 75.6 cm³/mol. The molecule has 20 heavy (non-hydrogen) atoms. The molecule has 0 saturated carbocycles. The van der Waals surface area contributed by atoms with Crippen LogP contribution in [0.25, 0.3) is 11.0 Å². The van der Waals surface area contributed by atoms with Crippen LogP contribution in [0.5, 0.6) is 0 Å². The van der Waals surface area contributed by atoms with E-state index in [4.69, 9.17) is 16.3 Å². The average molecular weight is 298 g/mol. The molecule has 8 heteroatoms. The number of methoxy groups -OCH3 is 1. The lowest BCUT2D eigenvalue weighted by Gasteiger charge is -2.19. The third-order valence-corrected chi connectivity index (χ3v) is 2.96. The van der Waals surface area contributed by atoms with Crippen molar-refractivity contribution in [2.24, 2.45) is 5.92 Å². The van der Waals surface area contributed by atoms with E-state index >= 15 is 0 Å². The van der Waals surface area contributed by atoms with Crippen LogP contribution < -0.4 is 5.32 Å². The Labute approximate surface area is 121 Å². The van der Waals surface area contributed by atoms with Crippen molar-refractivity contribution < 1.29 is 9.53 Å². The number of anilines is 1. The molecule has 2 heterocycles. The predicted octanol–water partition coefficient (Wildman–Crippen LogP) is 2.01. The molecule has 2 aromatic rings. The van der Waals surface area contributed by atoms with Crippen LogP contribution in [0.15, 0.2) is 6.20 Å². The largest absolute Gasteiger partial charge is 0.467 e. The Morgan fingerprint density at radius 3 is 2.90 bits per heavy atom. The first kappa shape index (κ1) is 14.5. The maximum absolute atomic E-state index is 11.8. The van der Waals surface area contributed by atoms with Crippen LogP contribution in [0.3, 0.4) is 0 Å². The lowest BCUT2D eigenvalue weighted by atomic mass is 10.0.